The number of alkyl halides is 24. The molecule has 0 aliphatic carbocycles. The summed E-state index contributed by atoms with van der Waals surface area (Å²) >= 11 is 0. The van der Waals surface area contributed by atoms with Crippen molar-refractivity contribution in [1.82, 2.24) is 0 Å². The van der Waals surface area contributed by atoms with Crippen LogP contribution in [0.1, 0.15) is 0 Å². The number of carboxylic acids is 2. The summed E-state index contributed by atoms with van der Waals surface area (Å²) in [5.74, 6) is -118. The molecule has 0 saturated carbocycles. The average Bonchev–Trinajstić information content (AvgIpc) is 2.77. The van der Waals surface area contributed by atoms with E-state index in [0.717, 1.165) is 0 Å². The zero-order chi connectivity index (χ0) is 35.2. The Labute approximate surface area is 209 Å². The Bertz CT molecular complexity index is 989. The van der Waals surface area contributed by atoms with Crippen LogP contribution in [0.25, 0.3) is 0 Å². The molecular weight excluding hydrogens is 688 g/mol. The Hall–Kier alpha value is -2.74. The fourth-order valence-corrected chi connectivity index (χ4v) is 2.24. The molecule has 0 aliphatic rings. The van der Waals surface area contributed by atoms with Crippen LogP contribution in [0.15, 0.2) is 0 Å². The first-order valence-corrected chi connectivity index (χ1v) is 8.64. The van der Waals surface area contributed by atoms with Crippen LogP contribution in [0, 0.1) is 0 Å². The van der Waals surface area contributed by atoms with Gasteiger partial charge >= 0.3 is 83.0 Å². The second-order valence-electron chi connectivity index (χ2n) is 7.50. The van der Waals surface area contributed by atoms with Crippen molar-refractivity contribution in [1.29, 1.82) is 0 Å². The zero-order valence-corrected chi connectivity index (χ0v) is 17.8. The largest absolute Gasteiger partial charge is 0.477 e. The van der Waals surface area contributed by atoms with Gasteiger partial charge in [-0.15, -0.1) is 0 Å². The van der Waals surface area contributed by atoms with E-state index < -0.39 is 83.0 Å². The van der Waals surface area contributed by atoms with E-state index in [4.69, 9.17) is 10.2 Å². The first-order chi connectivity index (χ1) is 17.6. The molecule has 0 rings (SSSR count). The van der Waals surface area contributed by atoms with Crippen molar-refractivity contribution in [3.63, 3.8) is 0 Å². The second kappa shape index (κ2) is 9.38. The molecule has 0 fully saturated rings. The van der Waals surface area contributed by atoms with Crippen LogP contribution < -0.4 is 0 Å². The maximum absolute atomic E-state index is 13.6. The monoisotopic (exact) mass is 690 g/mol. The number of hydrogen-bond donors (Lipinski definition) is 2. The van der Waals surface area contributed by atoms with Crippen LogP contribution in [0.5, 0.6) is 0 Å². The van der Waals surface area contributed by atoms with Gasteiger partial charge in [-0.25, -0.2) is 9.59 Å². The topological polar surface area (TPSA) is 74.6 Å². The molecule has 0 aromatic carbocycles. The highest BCUT2D eigenvalue weighted by atomic mass is 19.4. The highest BCUT2D eigenvalue weighted by Gasteiger charge is 3.00. The molecule has 0 heterocycles. The second-order valence-corrected chi connectivity index (χ2v) is 7.50. The molecule has 2 N–H and O–H groups in total. The maximum Gasteiger partial charge on any atom is 0.410 e. The summed E-state index contributed by atoms with van der Waals surface area (Å²) in [4.78, 5) is 19.8. The van der Waals surface area contributed by atoms with Crippen LogP contribution in [-0.2, 0) is 9.59 Å². The average molecular weight is 690 g/mol. The number of carboxylic acid groups (broad SMARTS) is 2. The molecule has 0 radical (unpaired) electrons. The quantitative estimate of drug-likeness (QED) is 0.209. The van der Waals surface area contributed by atoms with Crippen molar-refractivity contribution >= 4 is 11.9 Å². The fourth-order valence-electron chi connectivity index (χ4n) is 2.24. The molecule has 250 valence electrons. The lowest BCUT2D eigenvalue weighted by atomic mass is 9.84. The van der Waals surface area contributed by atoms with Gasteiger partial charge in [0.15, 0.2) is 0 Å². The van der Waals surface area contributed by atoms with Gasteiger partial charge in [0.2, 0.25) is 0 Å². The molecular formula is C14H2F24O4. The SMILES string of the molecule is O=C(O)C(F)(F)C(F)(F)C(F)(F)C(F)(F)C(F)(F)C(F)(F)C(F)(F)C(F)(F)C(F)(F)C(F)(F)C(F)(F)C(F)(F)C(=O)O. The summed E-state index contributed by atoms with van der Waals surface area (Å²) in [6, 6.07) is 0. The molecule has 0 spiro atoms. The normalized spacial score (nSPS) is 16.5. The van der Waals surface area contributed by atoms with Crippen molar-refractivity contribution in [3.8, 4) is 0 Å². The van der Waals surface area contributed by atoms with Gasteiger partial charge in [-0.05, 0) is 0 Å². The number of rotatable bonds is 13. The van der Waals surface area contributed by atoms with Crippen molar-refractivity contribution in [2.24, 2.45) is 0 Å². The van der Waals surface area contributed by atoms with E-state index in [9.17, 15) is 115 Å². The van der Waals surface area contributed by atoms with Gasteiger partial charge < -0.3 is 10.2 Å². The van der Waals surface area contributed by atoms with Gasteiger partial charge in [-0.2, -0.15) is 105 Å². The third-order valence-corrected chi connectivity index (χ3v) is 4.87. The van der Waals surface area contributed by atoms with Gasteiger partial charge in [0.25, 0.3) is 0 Å². The lowest BCUT2D eigenvalue weighted by Gasteiger charge is -2.45. The highest BCUT2D eigenvalue weighted by Crippen LogP contribution is 2.67. The van der Waals surface area contributed by atoms with Crippen LogP contribution in [0.2, 0.25) is 0 Å². The molecule has 0 aliphatic heterocycles. The van der Waals surface area contributed by atoms with E-state index in [2.05, 4.69) is 0 Å². The molecule has 0 atom stereocenters. The molecule has 4 nitrogen and oxygen atoms in total. The minimum atomic E-state index is -9.71. The molecule has 0 unspecified atom stereocenters. The molecule has 0 saturated heterocycles. The van der Waals surface area contributed by atoms with Crippen molar-refractivity contribution < 1.29 is 125 Å². The van der Waals surface area contributed by atoms with Crippen molar-refractivity contribution in [2.75, 3.05) is 0 Å². The van der Waals surface area contributed by atoms with Crippen LogP contribution in [-0.4, -0.2) is 93.2 Å². The molecule has 28 heteroatoms. The maximum atomic E-state index is 13.6. The number of halogens is 24. The molecule has 0 bridgehead atoms. The van der Waals surface area contributed by atoms with Crippen LogP contribution in [0.4, 0.5) is 105 Å². The lowest BCUT2D eigenvalue weighted by molar-refractivity contribution is -0.476. The minimum absolute atomic E-state index is 4.68. The predicted octanol–water partition coefficient (Wildman–Crippen LogP) is 6.78. The van der Waals surface area contributed by atoms with Crippen molar-refractivity contribution in [2.45, 2.75) is 71.1 Å². The van der Waals surface area contributed by atoms with E-state index in [1.165, 1.54) is 0 Å². The van der Waals surface area contributed by atoms with Crippen LogP contribution in [0.3, 0.4) is 0 Å². The van der Waals surface area contributed by atoms with Crippen molar-refractivity contribution in [3.05, 3.63) is 0 Å². The third-order valence-electron chi connectivity index (χ3n) is 4.87. The number of carbonyl (C=O) groups is 2. The summed E-state index contributed by atoms with van der Waals surface area (Å²) in [5.41, 5.74) is 0. The van der Waals surface area contributed by atoms with Gasteiger partial charge in [0.05, 0.1) is 0 Å². The van der Waals surface area contributed by atoms with Crippen LogP contribution >= 0.6 is 0 Å². The standard InChI is InChI=1S/C14H2F24O4/c15-3(16,1(39)40)5(19,20)7(23,24)9(27,28)11(31,32)13(35,36)14(37,38)12(33,34)10(29,30)8(25,26)6(21,22)4(17,18)2(41)42/h(H,39,40)(H,41,42). The Morgan fingerprint density at radius 1 is 0.262 bits per heavy atom. The van der Waals surface area contributed by atoms with Gasteiger partial charge in [-0.3, -0.25) is 0 Å². The fraction of sp³-hybridized carbons (Fsp3) is 0.857. The van der Waals surface area contributed by atoms with E-state index in [0.29, 0.717) is 0 Å². The Kier molecular flexibility index (Phi) is 8.77. The summed E-state index contributed by atoms with van der Waals surface area (Å²) in [6.45, 7) is 0. The first-order valence-electron chi connectivity index (χ1n) is 8.64. The molecule has 0 aromatic rings. The lowest BCUT2D eigenvalue weighted by Crippen LogP contribution is -2.78. The first kappa shape index (κ1) is 39.3. The summed E-state index contributed by atoms with van der Waals surface area (Å²) < 4.78 is 319. The Balaban J connectivity index is 7.45. The van der Waals surface area contributed by atoms with Gasteiger partial charge in [0, 0.05) is 0 Å². The minimum Gasteiger partial charge on any atom is -0.477 e. The predicted molar refractivity (Wildman–Crippen MR) is 74.6 cm³/mol. The van der Waals surface area contributed by atoms with E-state index >= 15 is 0 Å². The smallest absolute Gasteiger partial charge is 0.410 e. The third kappa shape index (κ3) is 4.18. The summed E-state index contributed by atoms with van der Waals surface area (Å²) in [6.07, 6.45) is 0. The zero-order valence-electron chi connectivity index (χ0n) is 17.8. The molecule has 0 aromatic heterocycles. The Morgan fingerprint density at radius 3 is 0.452 bits per heavy atom. The molecule has 0 amide bonds. The Morgan fingerprint density at radius 2 is 0.357 bits per heavy atom. The van der Waals surface area contributed by atoms with Gasteiger partial charge in [-0.1, -0.05) is 0 Å². The summed E-state index contributed by atoms with van der Waals surface area (Å²) in [5, 5.41) is 15.3. The number of hydrogen-bond acceptors (Lipinski definition) is 2. The molecule has 42 heavy (non-hydrogen) atoms. The van der Waals surface area contributed by atoms with E-state index in [1.54, 1.807) is 0 Å². The van der Waals surface area contributed by atoms with Gasteiger partial charge in [0.1, 0.15) is 0 Å². The summed E-state index contributed by atoms with van der Waals surface area (Å²) in [7, 11) is 0. The highest BCUT2D eigenvalue weighted by molar-refractivity contribution is 5.77. The van der Waals surface area contributed by atoms with E-state index in [1.807, 2.05) is 0 Å². The van der Waals surface area contributed by atoms with E-state index in [-0.39, 0.29) is 0 Å². The number of aliphatic carboxylic acids is 2.